The summed E-state index contributed by atoms with van der Waals surface area (Å²) >= 11 is 0. The fourth-order valence-electron chi connectivity index (χ4n) is 2.62. The maximum Gasteiger partial charge on any atom is 0.224 e. The van der Waals surface area contributed by atoms with Gasteiger partial charge in [0.05, 0.1) is 5.92 Å². The third-order valence-corrected chi connectivity index (χ3v) is 3.96. The summed E-state index contributed by atoms with van der Waals surface area (Å²) in [6.07, 6.45) is 1.62. The number of aryl methyl sites for hydroxylation is 1. The van der Waals surface area contributed by atoms with Crippen molar-refractivity contribution in [2.75, 3.05) is 19.6 Å². The van der Waals surface area contributed by atoms with Crippen LogP contribution in [0.25, 0.3) is 0 Å². The summed E-state index contributed by atoms with van der Waals surface area (Å²) in [4.78, 5) is 25.0. The van der Waals surface area contributed by atoms with Crippen LogP contribution in [0.3, 0.4) is 0 Å². The molecule has 0 aromatic heterocycles. The maximum absolute atomic E-state index is 12.0. The Hall–Kier alpha value is -1.84. The molecule has 4 nitrogen and oxygen atoms in total. The summed E-state index contributed by atoms with van der Waals surface area (Å²) < 4.78 is 0. The van der Waals surface area contributed by atoms with Gasteiger partial charge in [-0.05, 0) is 30.9 Å². The predicted octanol–water partition coefficient (Wildman–Crippen LogP) is 1.52. The van der Waals surface area contributed by atoms with Crippen LogP contribution in [0.4, 0.5) is 0 Å². The topological polar surface area (TPSA) is 49.4 Å². The third kappa shape index (κ3) is 3.59. The molecule has 1 heterocycles. The van der Waals surface area contributed by atoms with Gasteiger partial charge < -0.3 is 10.2 Å². The minimum absolute atomic E-state index is 0.0456. The quantitative estimate of drug-likeness (QED) is 0.905. The molecule has 0 aliphatic carbocycles. The average molecular weight is 274 g/mol. The van der Waals surface area contributed by atoms with E-state index < -0.39 is 0 Å². The lowest BCUT2D eigenvalue weighted by atomic mass is 10.1. The van der Waals surface area contributed by atoms with Gasteiger partial charge in [-0.15, -0.1) is 0 Å². The van der Waals surface area contributed by atoms with E-state index in [1.807, 2.05) is 12.1 Å². The summed E-state index contributed by atoms with van der Waals surface area (Å²) in [5, 5.41) is 2.98. The molecule has 4 heteroatoms. The van der Waals surface area contributed by atoms with E-state index in [0.717, 1.165) is 12.8 Å². The maximum atomic E-state index is 12.0. The first-order valence-electron chi connectivity index (χ1n) is 7.15. The van der Waals surface area contributed by atoms with Crippen molar-refractivity contribution in [2.24, 2.45) is 5.92 Å². The first-order chi connectivity index (χ1) is 9.58. The average Bonchev–Trinajstić information content (AvgIpc) is 2.91. The Morgan fingerprint density at radius 3 is 2.75 bits per heavy atom. The van der Waals surface area contributed by atoms with Crippen LogP contribution < -0.4 is 5.32 Å². The van der Waals surface area contributed by atoms with Crippen molar-refractivity contribution in [1.29, 1.82) is 0 Å². The van der Waals surface area contributed by atoms with Gasteiger partial charge in [0.25, 0.3) is 0 Å². The number of hydrogen-bond donors (Lipinski definition) is 1. The van der Waals surface area contributed by atoms with Crippen molar-refractivity contribution < 1.29 is 9.59 Å². The smallest absolute Gasteiger partial charge is 0.224 e. The van der Waals surface area contributed by atoms with Crippen molar-refractivity contribution in [3.63, 3.8) is 0 Å². The van der Waals surface area contributed by atoms with E-state index in [9.17, 15) is 9.59 Å². The second-order valence-corrected chi connectivity index (χ2v) is 5.42. The predicted molar refractivity (Wildman–Crippen MR) is 78.3 cm³/mol. The van der Waals surface area contributed by atoms with Gasteiger partial charge in [-0.1, -0.05) is 24.3 Å². The lowest BCUT2D eigenvalue weighted by Crippen LogP contribution is -2.34. The van der Waals surface area contributed by atoms with Gasteiger partial charge >= 0.3 is 0 Å². The Kier molecular flexibility index (Phi) is 4.77. The molecule has 1 atom stereocenters. The molecule has 20 heavy (non-hydrogen) atoms. The van der Waals surface area contributed by atoms with Gasteiger partial charge in [0.15, 0.2) is 0 Å². The van der Waals surface area contributed by atoms with E-state index in [-0.39, 0.29) is 17.7 Å². The highest BCUT2D eigenvalue weighted by atomic mass is 16.2. The first-order valence-corrected chi connectivity index (χ1v) is 7.15. The number of amides is 2. The minimum atomic E-state index is -0.0456. The number of nitrogens with one attached hydrogen (secondary N) is 1. The normalized spacial score (nSPS) is 18.1. The van der Waals surface area contributed by atoms with E-state index in [4.69, 9.17) is 0 Å². The van der Waals surface area contributed by atoms with Crippen LogP contribution in [0.15, 0.2) is 24.3 Å². The largest absolute Gasteiger partial charge is 0.355 e. The summed E-state index contributed by atoms with van der Waals surface area (Å²) in [7, 11) is 0. The molecule has 0 radical (unpaired) electrons. The zero-order chi connectivity index (χ0) is 14.5. The second-order valence-electron chi connectivity index (χ2n) is 5.42. The second kappa shape index (κ2) is 6.55. The van der Waals surface area contributed by atoms with Crippen molar-refractivity contribution in [2.45, 2.75) is 26.7 Å². The molecule has 108 valence electrons. The zero-order valence-corrected chi connectivity index (χ0v) is 12.2. The van der Waals surface area contributed by atoms with E-state index in [2.05, 4.69) is 24.4 Å². The van der Waals surface area contributed by atoms with E-state index in [1.54, 1.807) is 11.8 Å². The van der Waals surface area contributed by atoms with Crippen LogP contribution in [-0.4, -0.2) is 36.3 Å². The van der Waals surface area contributed by atoms with Crippen LogP contribution in [-0.2, 0) is 16.0 Å². The third-order valence-electron chi connectivity index (χ3n) is 3.96. The standard InChI is InChI=1S/C16H22N2O2/c1-12-5-3-4-6-14(12)7-9-17-16(20)15-8-10-18(11-15)13(2)19/h3-6,15H,7-11H2,1-2H3,(H,17,20)/t15-/m0/s1. The molecule has 1 aromatic carbocycles. The van der Waals surface area contributed by atoms with Crippen molar-refractivity contribution in [3.05, 3.63) is 35.4 Å². The van der Waals surface area contributed by atoms with Crippen LogP contribution in [0, 0.1) is 12.8 Å². The van der Waals surface area contributed by atoms with E-state index in [0.29, 0.717) is 19.6 Å². The van der Waals surface area contributed by atoms with Gasteiger partial charge in [-0.25, -0.2) is 0 Å². The first kappa shape index (κ1) is 14.6. The summed E-state index contributed by atoms with van der Waals surface area (Å²) in [5.74, 6) is 0.0818. The minimum Gasteiger partial charge on any atom is -0.355 e. The summed E-state index contributed by atoms with van der Waals surface area (Å²) in [6, 6.07) is 8.21. The Bertz CT molecular complexity index is 499. The molecule has 0 spiro atoms. The Morgan fingerprint density at radius 1 is 1.35 bits per heavy atom. The molecule has 0 bridgehead atoms. The van der Waals surface area contributed by atoms with Gasteiger partial charge in [-0.3, -0.25) is 9.59 Å². The Morgan fingerprint density at radius 2 is 2.10 bits per heavy atom. The molecule has 0 unspecified atom stereocenters. The van der Waals surface area contributed by atoms with Crippen molar-refractivity contribution >= 4 is 11.8 Å². The van der Waals surface area contributed by atoms with Gasteiger partial charge in [0.2, 0.25) is 11.8 Å². The number of hydrogen-bond acceptors (Lipinski definition) is 2. The molecule has 0 saturated carbocycles. The van der Waals surface area contributed by atoms with Crippen molar-refractivity contribution in [3.8, 4) is 0 Å². The number of likely N-dealkylation sites (tertiary alicyclic amines) is 1. The Labute approximate surface area is 120 Å². The number of benzene rings is 1. The number of nitrogens with zero attached hydrogens (tertiary/aromatic N) is 1. The van der Waals surface area contributed by atoms with E-state index in [1.165, 1.54) is 11.1 Å². The fraction of sp³-hybridized carbons (Fsp3) is 0.500. The van der Waals surface area contributed by atoms with Gasteiger partial charge in [-0.2, -0.15) is 0 Å². The SMILES string of the molecule is CC(=O)N1CC[C@H](C(=O)NCCc2ccccc2C)C1. The number of carbonyl (C=O) groups is 2. The molecule has 1 fully saturated rings. The van der Waals surface area contributed by atoms with Crippen LogP contribution in [0.5, 0.6) is 0 Å². The zero-order valence-electron chi connectivity index (χ0n) is 12.2. The van der Waals surface area contributed by atoms with E-state index >= 15 is 0 Å². The monoisotopic (exact) mass is 274 g/mol. The summed E-state index contributed by atoms with van der Waals surface area (Å²) in [5.41, 5.74) is 2.52. The molecular formula is C16H22N2O2. The van der Waals surface area contributed by atoms with Crippen LogP contribution >= 0.6 is 0 Å². The highest BCUT2D eigenvalue weighted by Gasteiger charge is 2.29. The molecule has 2 amide bonds. The Balaban J connectivity index is 1.76. The molecule has 1 N–H and O–H groups in total. The highest BCUT2D eigenvalue weighted by Crippen LogP contribution is 2.16. The fourth-order valence-corrected chi connectivity index (χ4v) is 2.62. The molecule has 1 saturated heterocycles. The lowest BCUT2D eigenvalue weighted by molar-refractivity contribution is -0.128. The molecule has 1 aliphatic rings. The molecular weight excluding hydrogens is 252 g/mol. The molecule has 1 aromatic rings. The van der Waals surface area contributed by atoms with Gasteiger partial charge in [0.1, 0.15) is 0 Å². The molecule has 1 aliphatic heterocycles. The number of carbonyl (C=O) groups excluding carboxylic acids is 2. The van der Waals surface area contributed by atoms with Crippen molar-refractivity contribution in [1.82, 2.24) is 10.2 Å². The molecule has 2 rings (SSSR count). The number of rotatable bonds is 4. The highest BCUT2D eigenvalue weighted by molar-refractivity contribution is 5.81. The van der Waals surface area contributed by atoms with Crippen LogP contribution in [0.1, 0.15) is 24.5 Å². The van der Waals surface area contributed by atoms with Gasteiger partial charge in [0, 0.05) is 26.6 Å². The summed E-state index contributed by atoms with van der Waals surface area (Å²) in [6.45, 7) is 5.55. The lowest BCUT2D eigenvalue weighted by Gasteiger charge is -2.14. The van der Waals surface area contributed by atoms with Crippen LogP contribution in [0.2, 0.25) is 0 Å².